The van der Waals surface area contributed by atoms with Crippen molar-refractivity contribution in [3.63, 3.8) is 0 Å². The predicted molar refractivity (Wildman–Crippen MR) is 129 cm³/mol. The Hall–Kier alpha value is -2.47. The minimum Gasteiger partial charge on any atom is -0.354 e. The van der Waals surface area contributed by atoms with E-state index >= 15 is 0 Å². The molecule has 1 saturated heterocycles. The van der Waals surface area contributed by atoms with Crippen LogP contribution in [0.25, 0.3) is 22.2 Å². The Morgan fingerprint density at radius 2 is 1.88 bits per heavy atom. The first-order valence-corrected chi connectivity index (χ1v) is 12.1. The third-order valence-corrected chi connectivity index (χ3v) is 7.58. The molecule has 1 aliphatic carbocycles. The largest absolute Gasteiger partial charge is 0.354 e. The predicted octanol–water partition coefficient (Wildman–Crippen LogP) is 5.80. The summed E-state index contributed by atoms with van der Waals surface area (Å²) in [5, 5.41) is 1.24. The smallest absolute Gasteiger partial charge is 0.253 e. The maximum Gasteiger partial charge on any atom is 0.253 e. The van der Waals surface area contributed by atoms with Crippen molar-refractivity contribution < 1.29 is 8.78 Å². The van der Waals surface area contributed by atoms with Gasteiger partial charge in [0.2, 0.25) is 0 Å². The number of pyridine rings is 1. The van der Waals surface area contributed by atoms with Crippen LogP contribution >= 0.6 is 0 Å². The normalized spacial score (nSPS) is 21.2. The summed E-state index contributed by atoms with van der Waals surface area (Å²) >= 11 is 0. The monoisotopic (exact) mass is 453 g/mol. The SMILES string of the molecule is Cc1cc(-c2[nH]c3ccc(C4CCN(CC5CC5(F)F)CC4)cc3c2C(C)C)cn(C)c1=O. The van der Waals surface area contributed by atoms with Crippen LogP contribution in [0.3, 0.4) is 0 Å². The molecule has 0 spiro atoms. The van der Waals surface area contributed by atoms with Gasteiger partial charge in [-0.1, -0.05) is 19.9 Å². The highest BCUT2D eigenvalue weighted by Gasteiger charge is 2.57. The van der Waals surface area contributed by atoms with Crippen LogP contribution in [0.5, 0.6) is 0 Å². The summed E-state index contributed by atoms with van der Waals surface area (Å²) < 4.78 is 28.2. The summed E-state index contributed by atoms with van der Waals surface area (Å²) in [6, 6.07) is 8.69. The number of alkyl halides is 2. The molecule has 176 valence electrons. The Balaban J connectivity index is 1.42. The Labute approximate surface area is 193 Å². The number of halogens is 2. The molecular formula is C27H33F2N3O. The molecule has 1 aliphatic heterocycles. The van der Waals surface area contributed by atoms with E-state index < -0.39 is 11.8 Å². The molecule has 2 fully saturated rings. The minimum absolute atomic E-state index is 0.0278. The van der Waals surface area contributed by atoms with E-state index in [1.165, 1.54) is 16.5 Å². The molecule has 0 bridgehead atoms. The van der Waals surface area contributed by atoms with Gasteiger partial charge in [-0.05, 0) is 74.0 Å². The number of fused-ring (bicyclic) bond motifs is 1. The van der Waals surface area contributed by atoms with Crippen LogP contribution in [0.1, 0.15) is 61.6 Å². The minimum atomic E-state index is -2.43. The number of nitrogens with one attached hydrogen (secondary N) is 1. The van der Waals surface area contributed by atoms with E-state index in [4.69, 9.17) is 0 Å². The second-order valence-corrected chi connectivity index (χ2v) is 10.4. The van der Waals surface area contributed by atoms with Gasteiger partial charge in [-0.3, -0.25) is 4.79 Å². The third-order valence-electron chi connectivity index (χ3n) is 7.58. The van der Waals surface area contributed by atoms with Gasteiger partial charge >= 0.3 is 0 Å². The van der Waals surface area contributed by atoms with Gasteiger partial charge < -0.3 is 14.5 Å². The van der Waals surface area contributed by atoms with Crippen molar-refractivity contribution in [1.29, 1.82) is 0 Å². The lowest BCUT2D eigenvalue weighted by atomic mass is 9.87. The molecule has 2 aromatic heterocycles. The summed E-state index contributed by atoms with van der Waals surface area (Å²) in [7, 11) is 1.80. The fourth-order valence-electron chi connectivity index (χ4n) is 5.55. The van der Waals surface area contributed by atoms with E-state index in [2.05, 4.69) is 41.9 Å². The van der Waals surface area contributed by atoms with E-state index in [0.717, 1.165) is 48.3 Å². The van der Waals surface area contributed by atoms with Crippen LogP contribution in [-0.4, -0.2) is 40.0 Å². The molecule has 0 amide bonds. The number of aromatic nitrogens is 2. The zero-order valence-electron chi connectivity index (χ0n) is 19.9. The number of aryl methyl sites for hydroxylation is 2. The first-order chi connectivity index (χ1) is 15.6. The highest BCUT2D eigenvalue weighted by Crippen LogP contribution is 2.49. The average molecular weight is 454 g/mol. The molecular weight excluding hydrogens is 420 g/mol. The number of H-pyrrole nitrogens is 1. The van der Waals surface area contributed by atoms with Gasteiger partial charge in [-0.2, -0.15) is 0 Å². The van der Waals surface area contributed by atoms with Gasteiger partial charge in [-0.15, -0.1) is 0 Å². The molecule has 1 unspecified atom stereocenters. The van der Waals surface area contributed by atoms with Crippen molar-refractivity contribution >= 4 is 10.9 Å². The Morgan fingerprint density at radius 3 is 2.48 bits per heavy atom. The zero-order valence-corrected chi connectivity index (χ0v) is 19.9. The van der Waals surface area contributed by atoms with E-state index in [1.807, 2.05) is 19.2 Å². The number of rotatable bonds is 5. The Kier molecular flexibility index (Phi) is 5.47. The molecule has 1 atom stereocenters. The molecule has 33 heavy (non-hydrogen) atoms. The summed E-state index contributed by atoms with van der Waals surface area (Å²) in [6.07, 6.45) is 3.99. The van der Waals surface area contributed by atoms with Crippen molar-refractivity contribution in [3.8, 4) is 11.3 Å². The molecule has 2 aliphatic rings. The number of benzene rings is 1. The lowest BCUT2D eigenvalue weighted by Crippen LogP contribution is -2.35. The van der Waals surface area contributed by atoms with E-state index in [1.54, 1.807) is 11.6 Å². The number of nitrogens with zero attached hydrogens (tertiary/aromatic N) is 2. The van der Waals surface area contributed by atoms with Gasteiger partial charge in [0.1, 0.15) is 0 Å². The van der Waals surface area contributed by atoms with Crippen molar-refractivity contribution in [2.45, 2.75) is 57.8 Å². The first kappa shape index (κ1) is 22.3. The second-order valence-electron chi connectivity index (χ2n) is 10.4. The molecule has 3 heterocycles. The summed E-state index contributed by atoms with van der Waals surface area (Å²) in [5.74, 6) is -2.07. The summed E-state index contributed by atoms with van der Waals surface area (Å²) in [5.41, 5.74) is 6.59. The Morgan fingerprint density at radius 1 is 1.18 bits per heavy atom. The van der Waals surface area contributed by atoms with Crippen molar-refractivity contribution in [2.24, 2.45) is 13.0 Å². The van der Waals surface area contributed by atoms with Gasteiger partial charge in [0, 0.05) is 54.2 Å². The van der Waals surface area contributed by atoms with Crippen LogP contribution in [0.2, 0.25) is 0 Å². The first-order valence-electron chi connectivity index (χ1n) is 12.1. The lowest BCUT2D eigenvalue weighted by Gasteiger charge is -2.32. The molecule has 1 N–H and O–H groups in total. The third kappa shape index (κ3) is 4.14. The van der Waals surface area contributed by atoms with Crippen molar-refractivity contribution in [3.05, 3.63) is 57.5 Å². The van der Waals surface area contributed by atoms with Crippen LogP contribution in [-0.2, 0) is 7.05 Å². The maximum atomic E-state index is 13.3. The standard InChI is InChI=1S/C27H33F2N3O/c1-16(2)24-22-12-19(18-7-9-32(10-8-18)15-21-13-27(21,28)29)5-6-23(22)30-25(24)20-11-17(3)26(33)31(4)14-20/h5-6,11-12,14,16,18,21,30H,7-10,13,15H2,1-4H3. The molecule has 4 nitrogen and oxygen atoms in total. The molecule has 1 saturated carbocycles. The summed E-state index contributed by atoms with van der Waals surface area (Å²) in [4.78, 5) is 18.0. The second kappa shape index (κ2) is 8.08. The average Bonchev–Trinajstić information content (AvgIpc) is 3.19. The molecule has 1 aromatic carbocycles. The van der Waals surface area contributed by atoms with E-state index in [9.17, 15) is 13.6 Å². The lowest BCUT2D eigenvalue weighted by molar-refractivity contribution is 0.0831. The van der Waals surface area contributed by atoms with Crippen LogP contribution in [0.4, 0.5) is 8.78 Å². The Bertz CT molecular complexity index is 1220. The van der Waals surface area contributed by atoms with Crippen molar-refractivity contribution in [1.82, 2.24) is 14.5 Å². The van der Waals surface area contributed by atoms with Crippen LogP contribution in [0, 0.1) is 12.8 Å². The molecule has 6 heteroatoms. The number of piperidine rings is 1. The van der Waals surface area contributed by atoms with Crippen LogP contribution in [0.15, 0.2) is 35.3 Å². The topological polar surface area (TPSA) is 41.0 Å². The molecule has 5 rings (SSSR count). The molecule has 0 radical (unpaired) electrons. The van der Waals surface area contributed by atoms with Gasteiger partial charge in [0.15, 0.2) is 0 Å². The van der Waals surface area contributed by atoms with Crippen molar-refractivity contribution in [2.75, 3.05) is 19.6 Å². The number of likely N-dealkylation sites (tertiary alicyclic amines) is 1. The van der Waals surface area contributed by atoms with Gasteiger partial charge in [0.25, 0.3) is 11.5 Å². The highest BCUT2D eigenvalue weighted by atomic mass is 19.3. The van der Waals surface area contributed by atoms with Gasteiger partial charge in [0.05, 0.1) is 5.69 Å². The zero-order chi connectivity index (χ0) is 23.5. The fourth-order valence-corrected chi connectivity index (χ4v) is 5.55. The highest BCUT2D eigenvalue weighted by molar-refractivity contribution is 5.92. The van der Waals surface area contributed by atoms with E-state index in [0.29, 0.717) is 18.4 Å². The van der Waals surface area contributed by atoms with E-state index in [-0.39, 0.29) is 12.0 Å². The number of hydrogen-bond acceptors (Lipinski definition) is 2. The fraction of sp³-hybridized carbons (Fsp3) is 0.519. The van der Waals surface area contributed by atoms with Crippen LogP contribution < -0.4 is 5.56 Å². The number of hydrogen-bond donors (Lipinski definition) is 1. The quantitative estimate of drug-likeness (QED) is 0.530. The summed E-state index contributed by atoms with van der Waals surface area (Å²) in [6.45, 7) is 8.60. The number of aromatic amines is 1. The van der Waals surface area contributed by atoms with Gasteiger partial charge in [-0.25, -0.2) is 8.78 Å². The molecule has 3 aromatic rings. The maximum absolute atomic E-state index is 13.3.